The summed E-state index contributed by atoms with van der Waals surface area (Å²) in [6, 6.07) is 8.34. The van der Waals surface area contributed by atoms with Gasteiger partial charge >= 0.3 is 5.97 Å². The Morgan fingerprint density at radius 1 is 1.35 bits per heavy atom. The predicted octanol–water partition coefficient (Wildman–Crippen LogP) is 1.18. The van der Waals surface area contributed by atoms with Crippen molar-refractivity contribution in [2.45, 2.75) is 12.5 Å². The third kappa shape index (κ3) is 6.58. The van der Waals surface area contributed by atoms with Crippen LogP contribution in [-0.2, 0) is 20.7 Å². The Morgan fingerprint density at radius 2 is 2.05 bits per heavy atom. The fourth-order valence-electron chi connectivity index (χ4n) is 1.59. The van der Waals surface area contributed by atoms with Gasteiger partial charge in [0.25, 0.3) is 0 Å². The molecule has 5 nitrogen and oxygen atoms in total. The molecule has 0 spiro atoms. The number of benzene rings is 1. The van der Waals surface area contributed by atoms with Crippen molar-refractivity contribution in [3.05, 3.63) is 35.9 Å². The standard InChI is InChI=1S/C14H19NO4S/c1-19-7-8-20-10-13(16)15-12(14(17)18)9-11-5-3-2-4-6-11/h2-6,12H,7-10H2,1H3,(H,15,16)(H,17,18)/t12-/m1/s1. The Hall–Kier alpha value is -1.53. The van der Waals surface area contributed by atoms with E-state index < -0.39 is 12.0 Å². The van der Waals surface area contributed by atoms with Crippen LogP contribution in [0.25, 0.3) is 0 Å². The largest absolute Gasteiger partial charge is 0.480 e. The lowest BCUT2D eigenvalue weighted by molar-refractivity contribution is -0.141. The molecule has 1 aromatic rings. The van der Waals surface area contributed by atoms with Gasteiger partial charge in [-0.25, -0.2) is 4.79 Å². The van der Waals surface area contributed by atoms with Gasteiger partial charge in [0.1, 0.15) is 6.04 Å². The van der Waals surface area contributed by atoms with Crippen molar-refractivity contribution in [1.29, 1.82) is 0 Å². The van der Waals surface area contributed by atoms with E-state index in [1.807, 2.05) is 30.3 Å². The number of carbonyl (C=O) groups is 2. The molecule has 0 radical (unpaired) electrons. The Balaban J connectivity index is 2.43. The minimum Gasteiger partial charge on any atom is -0.480 e. The van der Waals surface area contributed by atoms with E-state index in [-0.39, 0.29) is 18.1 Å². The molecule has 0 heterocycles. The Labute approximate surface area is 122 Å². The first kappa shape index (κ1) is 16.5. The number of hydrogen-bond donors (Lipinski definition) is 2. The first-order valence-corrected chi connectivity index (χ1v) is 7.41. The predicted molar refractivity (Wildman–Crippen MR) is 78.9 cm³/mol. The van der Waals surface area contributed by atoms with Gasteiger partial charge in [-0.2, -0.15) is 0 Å². The average Bonchev–Trinajstić information content (AvgIpc) is 2.44. The zero-order valence-corrected chi connectivity index (χ0v) is 12.2. The molecule has 0 fully saturated rings. The van der Waals surface area contributed by atoms with E-state index in [1.165, 1.54) is 11.8 Å². The lowest BCUT2D eigenvalue weighted by Crippen LogP contribution is -2.43. The van der Waals surface area contributed by atoms with Crippen molar-refractivity contribution in [2.75, 3.05) is 25.2 Å². The minimum atomic E-state index is -1.02. The molecule has 110 valence electrons. The zero-order valence-electron chi connectivity index (χ0n) is 11.4. The van der Waals surface area contributed by atoms with Crippen LogP contribution in [0.2, 0.25) is 0 Å². The number of carboxylic acid groups (broad SMARTS) is 1. The summed E-state index contributed by atoms with van der Waals surface area (Å²) >= 11 is 1.42. The summed E-state index contributed by atoms with van der Waals surface area (Å²) in [6.07, 6.45) is 0.282. The van der Waals surface area contributed by atoms with Gasteiger partial charge in [-0.05, 0) is 5.56 Å². The quantitative estimate of drug-likeness (QED) is 0.669. The van der Waals surface area contributed by atoms with Crippen LogP contribution < -0.4 is 5.32 Å². The highest BCUT2D eigenvalue weighted by atomic mass is 32.2. The Kier molecular flexibility index (Phi) is 7.75. The smallest absolute Gasteiger partial charge is 0.326 e. The van der Waals surface area contributed by atoms with E-state index in [0.717, 1.165) is 5.56 Å². The molecule has 0 bridgehead atoms. The van der Waals surface area contributed by atoms with Crippen LogP contribution in [0.1, 0.15) is 5.56 Å². The van der Waals surface area contributed by atoms with Gasteiger partial charge in [-0.3, -0.25) is 4.79 Å². The van der Waals surface area contributed by atoms with E-state index in [4.69, 9.17) is 9.84 Å². The number of nitrogens with one attached hydrogen (secondary N) is 1. The number of methoxy groups -OCH3 is 1. The lowest BCUT2D eigenvalue weighted by atomic mass is 10.1. The van der Waals surface area contributed by atoms with Crippen LogP contribution in [0.15, 0.2) is 30.3 Å². The number of carboxylic acids is 1. The minimum absolute atomic E-state index is 0.238. The molecular formula is C14H19NO4S. The van der Waals surface area contributed by atoms with Gasteiger partial charge in [0.2, 0.25) is 5.91 Å². The number of rotatable bonds is 9. The highest BCUT2D eigenvalue weighted by Gasteiger charge is 2.20. The monoisotopic (exact) mass is 297 g/mol. The van der Waals surface area contributed by atoms with E-state index in [9.17, 15) is 9.59 Å². The Bertz CT molecular complexity index is 424. The van der Waals surface area contributed by atoms with Gasteiger partial charge in [-0.15, -0.1) is 11.8 Å². The maximum Gasteiger partial charge on any atom is 0.326 e. The Morgan fingerprint density at radius 3 is 2.65 bits per heavy atom. The molecule has 0 saturated heterocycles. The molecule has 0 aliphatic carbocycles. The maximum absolute atomic E-state index is 11.7. The summed E-state index contributed by atoms with van der Waals surface area (Å²) in [5.74, 6) is -0.346. The number of carbonyl (C=O) groups excluding carboxylic acids is 1. The lowest BCUT2D eigenvalue weighted by Gasteiger charge is -2.14. The van der Waals surface area contributed by atoms with Crippen molar-refractivity contribution in [2.24, 2.45) is 0 Å². The third-order valence-corrected chi connectivity index (χ3v) is 3.50. The maximum atomic E-state index is 11.7. The highest BCUT2D eigenvalue weighted by molar-refractivity contribution is 7.99. The number of ether oxygens (including phenoxy) is 1. The number of hydrogen-bond acceptors (Lipinski definition) is 4. The zero-order chi connectivity index (χ0) is 14.8. The van der Waals surface area contributed by atoms with Crippen molar-refractivity contribution < 1.29 is 19.4 Å². The summed E-state index contributed by atoms with van der Waals surface area (Å²) in [5.41, 5.74) is 0.882. The van der Waals surface area contributed by atoms with Crippen molar-refractivity contribution in [3.8, 4) is 0 Å². The van der Waals surface area contributed by atoms with Crippen LogP contribution in [-0.4, -0.2) is 48.2 Å². The van der Waals surface area contributed by atoms with E-state index >= 15 is 0 Å². The number of thioether (sulfide) groups is 1. The number of aliphatic carboxylic acids is 1. The molecule has 1 amide bonds. The fraction of sp³-hybridized carbons (Fsp3) is 0.429. The summed E-state index contributed by atoms with van der Waals surface area (Å²) in [4.78, 5) is 22.8. The second kappa shape index (κ2) is 9.39. The van der Waals surface area contributed by atoms with Crippen molar-refractivity contribution in [3.63, 3.8) is 0 Å². The number of amides is 1. The van der Waals surface area contributed by atoms with Gasteiger partial charge < -0.3 is 15.2 Å². The summed E-state index contributed by atoms with van der Waals surface area (Å²) in [6.45, 7) is 0.574. The molecule has 20 heavy (non-hydrogen) atoms. The van der Waals surface area contributed by atoms with E-state index in [2.05, 4.69) is 5.32 Å². The third-order valence-electron chi connectivity index (χ3n) is 2.58. The molecule has 0 aliphatic rings. The molecule has 0 aliphatic heterocycles. The first-order chi connectivity index (χ1) is 9.63. The van der Waals surface area contributed by atoms with Gasteiger partial charge in [-0.1, -0.05) is 30.3 Å². The van der Waals surface area contributed by atoms with Crippen LogP contribution >= 0.6 is 11.8 Å². The molecule has 0 unspecified atom stereocenters. The van der Waals surface area contributed by atoms with Gasteiger partial charge in [0.05, 0.1) is 12.4 Å². The van der Waals surface area contributed by atoms with Crippen molar-refractivity contribution in [1.82, 2.24) is 5.32 Å². The van der Waals surface area contributed by atoms with Crippen LogP contribution in [0.3, 0.4) is 0 Å². The molecule has 1 aromatic carbocycles. The molecule has 0 saturated carbocycles. The second-order valence-electron chi connectivity index (χ2n) is 4.19. The molecule has 1 rings (SSSR count). The van der Waals surface area contributed by atoms with Gasteiger partial charge in [0.15, 0.2) is 0 Å². The fourth-order valence-corrected chi connectivity index (χ4v) is 2.29. The molecular weight excluding hydrogens is 278 g/mol. The normalized spacial score (nSPS) is 11.8. The molecule has 0 aromatic heterocycles. The summed E-state index contributed by atoms with van der Waals surface area (Å²) in [5, 5.41) is 11.7. The summed E-state index contributed by atoms with van der Waals surface area (Å²) in [7, 11) is 1.60. The molecule has 6 heteroatoms. The van der Waals surface area contributed by atoms with E-state index in [1.54, 1.807) is 7.11 Å². The second-order valence-corrected chi connectivity index (χ2v) is 5.30. The molecule has 2 N–H and O–H groups in total. The van der Waals surface area contributed by atoms with Crippen LogP contribution in [0, 0.1) is 0 Å². The topological polar surface area (TPSA) is 75.6 Å². The SMILES string of the molecule is COCCSCC(=O)N[C@H](Cc1ccccc1)C(=O)O. The van der Waals surface area contributed by atoms with Crippen LogP contribution in [0.4, 0.5) is 0 Å². The first-order valence-electron chi connectivity index (χ1n) is 6.26. The van der Waals surface area contributed by atoms with E-state index in [0.29, 0.717) is 12.4 Å². The average molecular weight is 297 g/mol. The van der Waals surface area contributed by atoms with Crippen LogP contribution in [0.5, 0.6) is 0 Å². The highest BCUT2D eigenvalue weighted by Crippen LogP contribution is 2.05. The van der Waals surface area contributed by atoms with Crippen molar-refractivity contribution >= 4 is 23.6 Å². The summed E-state index contributed by atoms with van der Waals surface area (Å²) < 4.78 is 4.88. The molecule has 1 atom stereocenters. The van der Waals surface area contributed by atoms with Gasteiger partial charge in [0, 0.05) is 19.3 Å².